The van der Waals surface area contributed by atoms with Crippen LogP contribution in [0.25, 0.3) is 0 Å². The Morgan fingerprint density at radius 2 is 2.18 bits per heavy atom. The first-order valence-corrected chi connectivity index (χ1v) is 5.82. The third kappa shape index (κ3) is 3.81. The number of amides is 1. The van der Waals surface area contributed by atoms with Gasteiger partial charge in [-0.15, -0.1) is 0 Å². The van der Waals surface area contributed by atoms with Gasteiger partial charge in [-0.05, 0) is 33.6 Å². The highest BCUT2D eigenvalue weighted by molar-refractivity contribution is 5.90. The molecule has 0 bridgehead atoms. The second-order valence-electron chi connectivity index (χ2n) is 5.36. The average Bonchev–Trinajstić information content (AvgIpc) is 2.91. The first kappa shape index (κ1) is 12.0. The smallest absolute Gasteiger partial charge is 0.292 e. The summed E-state index contributed by atoms with van der Waals surface area (Å²) in [6, 6.07) is 0.303. The predicted molar refractivity (Wildman–Crippen MR) is 61.4 cm³/mol. The molecule has 6 nitrogen and oxygen atoms in total. The van der Waals surface area contributed by atoms with Crippen molar-refractivity contribution < 1.29 is 9.32 Å². The molecule has 1 aromatic rings. The zero-order chi connectivity index (χ0) is 12.5. The molecule has 2 N–H and O–H groups in total. The van der Waals surface area contributed by atoms with Crippen LogP contribution in [0.2, 0.25) is 0 Å². The van der Waals surface area contributed by atoms with Gasteiger partial charge in [0.05, 0.1) is 6.54 Å². The topological polar surface area (TPSA) is 80.0 Å². The number of aromatic nitrogens is 2. The summed E-state index contributed by atoms with van der Waals surface area (Å²) in [6.07, 6.45) is 2.09. The average molecular weight is 238 g/mol. The Morgan fingerprint density at radius 1 is 1.47 bits per heavy atom. The van der Waals surface area contributed by atoms with E-state index in [-0.39, 0.29) is 17.3 Å². The number of carbonyl (C=O) groups excluding carboxylic acids is 1. The van der Waals surface area contributed by atoms with E-state index in [1.54, 1.807) is 0 Å². The van der Waals surface area contributed by atoms with Crippen LogP contribution in [-0.4, -0.2) is 27.6 Å². The molecule has 0 aromatic carbocycles. The first-order valence-electron chi connectivity index (χ1n) is 5.82. The fourth-order valence-electron chi connectivity index (χ4n) is 1.24. The summed E-state index contributed by atoms with van der Waals surface area (Å²) in [7, 11) is 0. The number of nitrogens with zero attached hydrogens (tertiary/aromatic N) is 2. The van der Waals surface area contributed by atoms with E-state index in [1.165, 1.54) is 0 Å². The predicted octanol–water partition coefficient (Wildman–Crippen LogP) is 0.850. The minimum atomic E-state index is -0.252. The molecule has 1 heterocycles. The third-order valence-corrected chi connectivity index (χ3v) is 2.35. The van der Waals surface area contributed by atoms with Crippen molar-refractivity contribution in [3.05, 3.63) is 11.7 Å². The molecule has 1 aliphatic carbocycles. The van der Waals surface area contributed by atoms with Crippen molar-refractivity contribution in [3.63, 3.8) is 0 Å². The molecular formula is C11H18N4O2. The fraction of sp³-hybridized carbons (Fsp3) is 0.727. The first-order chi connectivity index (χ1) is 7.94. The number of hydrogen-bond acceptors (Lipinski definition) is 5. The Morgan fingerprint density at radius 3 is 2.76 bits per heavy atom. The molecule has 0 aliphatic heterocycles. The Hall–Kier alpha value is -1.43. The van der Waals surface area contributed by atoms with Crippen molar-refractivity contribution in [2.45, 2.75) is 51.7 Å². The van der Waals surface area contributed by atoms with Crippen molar-refractivity contribution in [3.8, 4) is 0 Å². The van der Waals surface area contributed by atoms with Crippen LogP contribution in [0.5, 0.6) is 0 Å². The zero-order valence-corrected chi connectivity index (χ0v) is 10.4. The van der Waals surface area contributed by atoms with Gasteiger partial charge in [-0.2, -0.15) is 4.98 Å². The molecule has 1 fully saturated rings. The SMILES string of the molecule is CC(C)(C)NCc1nc(C(=O)NC2CC2)no1. The van der Waals surface area contributed by atoms with Gasteiger partial charge >= 0.3 is 0 Å². The van der Waals surface area contributed by atoms with Crippen LogP contribution >= 0.6 is 0 Å². The molecule has 2 rings (SSSR count). The van der Waals surface area contributed by atoms with Crippen LogP contribution in [0, 0.1) is 0 Å². The summed E-state index contributed by atoms with van der Waals surface area (Å²) >= 11 is 0. The number of carbonyl (C=O) groups is 1. The van der Waals surface area contributed by atoms with Crippen LogP contribution in [0.4, 0.5) is 0 Å². The largest absolute Gasteiger partial charge is 0.346 e. The Balaban J connectivity index is 1.88. The van der Waals surface area contributed by atoms with Crippen LogP contribution in [0.1, 0.15) is 50.1 Å². The molecule has 6 heteroatoms. The van der Waals surface area contributed by atoms with Crippen LogP contribution < -0.4 is 10.6 Å². The fourth-order valence-corrected chi connectivity index (χ4v) is 1.24. The molecular weight excluding hydrogens is 220 g/mol. The maximum absolute atomic E-state index is 11.6. The summed E-state index contributed by atoms with van der Waals surface area (Å²) in [5, 5.41) is 9.69. The molecule has 1 aromatic heterocycles. The van der Waals surface area contributed by atoms with E-state index in [4.69, 9.17) is 4.52 Å². The van der Waals surface area contributed by atoms with Crippen molar-refractivity contribution in [2.75, 3.05) is 0 Å². The number of rotatable bonds is 4. The summed E-state index contributed by atoms with van der Waals surface area (Å²) in [4.78, 5) is 15.6. The summed E-state index contributed by atoms with van der Waals surface area (Å²) in [6.45, 7) is 6.60. The Kier molecular flexibility index (Phi) is 3.15. The van der Waals surface area contributed by atoms with Gasteiger partial charge in [0.15, 0.2) is 0 Å². The third-order valence-electron chi connectivity index (χ3n) is 2.35. The minimum Gasteiger partial charge on any atom is -0.346 e. The van der Waals surface area contributed by atoms with Crippen molar-refractivity contribution in [1.82, 2.24) is 20.8 Å². The highest BCUT2D eigenvalue weighted by Crippen LogP contribution is 2.18. The van der Waals surface area contributed by atoms with Gasteiger partial charge < -0.3 is 15.2 Å². The molecule has 1 amide bonds. The van der Waals surface area contributed by atoms with Crippen LogP contribution in [0.3, 0.4) is 0 Å². The van der Waals surface area contributed by atoms with Crippen molar-refractivity contribution in [2.24, 2.45) is 0 Å². The summed E-state index contributed by atoms with van der Waals surface area (Å²) in [5.74, 6) is 0.293. The van der Waals surface area contributed by atoms with E-state index in [1.807, 2.05) is 20.8 Å². The quantitative estimate of drug-likeness (QED) is 0.813. The second-order valence-corrected chi connectivity index (χ2v) is 5.36. The van der Waals surface area contributed by atoms with Gasteiger partial charge in [0.25, 0.3) is 11.7 Å². The molecule has 1 aliphatic rings. The van der Waals surface area contributed by atoms with Crippen LogP contribution in [-0.2, 0) is 6.54 Å². The van der Waals surface area contributed by atoms with Crippen molar-refractivity contribution in [1.29, 1.82) is 0 Å². The second kappa shape index (κ2) is 4.44. The molecule has 94 valence electrons. The molecule has 0 saturated heterocycles. The van der Waals surface area contributed by atoms with Gasteiger partial charge in [0, 0.05) is 11.6 Å². The van der Waals surface area contributed by atoms with Gasteiger partial charge in [-0.25, -0.2) is 0 Å². The zero-order valence-electron chi connectivity index (χ0n) is 10.4. The molecule has 0 radical (unpaired) electrons. The van der Waals surface area contributed by atoms with Gasteiger partial charge in [0.1, 0.15) is 0 Å². The maximum atomic E-state index is 11.6. The lowest BCUT2D eigenvalue weighted by Gasteiger charge is -2.18. The van der Waals surface area contributed by atoms with E-state index in [0.717, 1.165) is 12.8 Å². The Bertz CT molecular complexity index is 404. The van der Waals surface area contributed by atoms with Crippen LogP contribution in [0.15, 0.2) is 4.52 Å². The lowest BCUT2D eigenvalue weighted by Crippen LogP contribution is -2.35. The Labute approximate surface area is 100 Å². The molecule has 1 saturated carbocycles. The molecule has 0 unspecified atom stereocenters. The number of hydrogen-bond donors (Lipinski definition) is 2. The van der Waals surface area contributed by atoms with E-state index < -0.39 is 0 Å². The standard InChI is InChI=1S/C11H18N4O2/c1-11(2,3)12-6-8-14-9(15-17-8)10(16)13-7-4-5-7/h7,12H,4-6H2,1-3H3,(H,13,16). The highest BCUT2D eigenvalue weighted by atomic mass is 16.5. The van der Waals surface area contributed by atoms with E-state index in [9.17, 15) is 4.79 Å². The van der Waals surface area contributed by atoms with Gasteiger partial charge in [-0.3, -0.25) is 4.79 Å². The molecule has 17 heavy (non-hydrogen) atoms. The number of nitrogens with one attached hydrogen (secondary N) is 2. The van der Waals surface area contributed by atoms with E-state index >= 15 is 0 Å². The van der Waals surface area contributed by atoms with E-state index in [2.05, 4.69) is 20.8 Å². The van der Waals surface area contributed by atoms with Gasteiger partial charge in [0.2, 0.25) is 5.89 Å². The van der Waals surface area contributed by atoms with Gasteiger partial charge in [-0.1, -0.05) is 5.16 Å². The summed E-state index contributed by atoms with van der Waals surface area (Å²) in [5.41, 5.74) is -0.0229. The highest BCUT2D eigenvalue weighted by Gasteiger charge is 2.26. The maximum Gasteiger partial charge on any atom is 0.292 e. The van der Waals surface area contributed by atoms with Crippen molar-refractivity contribution >= 4 is 5.91 Å². The normalized spacial score (nSPS) is 15.9. The molecule has 0 spiro atoms. The monoisotopic (exact) mass is 238 g/mol. The lowest BCUT2D eigenvalue weighted by atomic mass is 10.1. The molecule has 0 atom stereocenters. The van der Waals surface area contributed by atoms with E-state index in [0.29, 0.717) is 18.5 Å². The lowest BCUT2D eigenvalue weighted by molar-refractivity contribution is 0.0937. The summed E-state index contributed by atoms with van der Waals surface area (Å²) < 4.78 is 5.00. The minimum absolute atomic E-state index is 0.0229.